The maximum Gasteiger partial charge on any atom is 0.340 e. The van der Waals surface area contributed by atoms with Gasteiger partial charge >= 0.3 is 41.8 Å². The Kier molecular flexibility index (Phi) is 59.4. The molecular weight excluding hydrogens is 3620 g/mol. The van der Waals surface area contributed by atoms with Gasteiger partial charge in [-0.05, 0) is 465 Å². The van der Waals surface area contributed by atoms with Gasteiger partial charge in [0.25, 0.3) is 0 Å². The number of nitrogens with two attached hydrogens (primary N) is 1. The number of ether oxygens (including phenoxy) is 7. The van der Waals surface area contributed by atoms with Crippen LogP contribution in [0.4, 0.5) is 11.4 Å². The molecule has 0 bridgehead atoms. The first kappa shape index (κ1) is 124. The van der Waals surface area contributed by atoms with Crippen molar-refractivity contribution in [1.82, 2.24) is 0 Å². The molecule has 125 heavy (non-hydrogen) atoms. The number of rotatable bonds is 29. The summed E-state index contributed by atoms with van der Waals surface area (Å²) in [7, 11) is -26.8. The highest BCUT2D eigenvalue weighted by atomic mass is 127. The van der Waals surface area contributed by atoms with Gasteiger partial charge in [-0.2, -0.15) is 0 Å². The van der Waals surface area contributed by atoms with Crippen LogP contribution in [-0.4, -0.2) is 233 Å². The van der Waals surface area contributed by atoms with Crippen LogP contribution in [0.25, 0.3) is 0 Å². The molecule has 0 unspecified atom stereocenters. The predicted octanol–water partition coefficient (Wildman–Crippen LogP) is 12.0. The Hall–Kier alpha value is 1.48. The second-order valence-electron chi connectivity index (χ2n) is 22.7. The van der Waals surface area contributed by atoms with E-state index in [2.05, 4.69) is 163 Å². The Bertz CT molecular complexity index is 5760. The first-order chi connectivity index (χ1) is 57.1. The summed E-state index contributed by atoms with van der Waals surface area (Å²) < 4.78 is 264. The number of carbonyl (C=O) groups excluding carboxylic acids is 7. The Morgan fingerprint density at radius 2 is 0.560 bits per heavy atom. The van der Waals surface area contributed by atoms with Gasteiger partial charge in [-0.1, -0.05) is 0 Å². The number of hydrogen-bond acceptors (Lipinski definition) is 37. The Morgan fingerprint density at radius 1 is 0.272 bits per heavy atom. The summed E-state index contributed by atoms with van der Waals surface area (Å²) in [6.45, 7) is -3.05. The topological polar surface area (TPSA) is 614 Å². The maximum atomic E-state index is 11.9. The van der Waals surface area contributed by atoms with Crippen molar-refractivity contribution in [2.45, 2.75) is 0 Å². The number of nitrogen functional groups attached to an aromatic ring is 1. The standard InChI is InChI=1S/C11H14INO5S.C9H6I4O5S.2C9H7I3O5S.2C9H8I2O5S.C9H10INO5S/c1-13(2)10-4-3-8(7-9(10)12)11(14)18-5-6-19(15,16)17;10-4-3-5(11)8(13)6(7(4)12)9(14)18-1-2-19(15,16)17;10-5-3-6(11)8(7(12)4-5)9(13)17-1-2-18(14,15)16;10-5-3-6(8(12)7(11)4-5)9(13)17-1-2-18(14,15)16;10-6-1-2-8(11)7(5-6)9(12)16-3-4-17(13,14)15;10-6-1-2-7(8(11)5-6)9(12)16-3-4-17(13,14)15;10-6-1-2-8(11)7(5-6)9(12)16-3-4-17(13,14)15/h3-4,7H,5-6H2,1-2H3,(H,15,16,17);3H,1-2H2,(H,15,16,17);2*3-4H,1-2H2,(H,14,15,16);2*1-2,5H,3-4H2,(H,13,14,15);1-2,5H,3-4,11H2,(H,13,14,15)/p-7. The molecule has 694 valence electrons. The molecule has 0 fully saturated rings. The van der Waals surface area contributed by atoms with Gasteiger partial charge < -0.3 is 75.7 Å². The van der Waals surface area contributed by atoms with Gasteiger partial charge in [0.2, 0.25) is 0 Å². The number of carbonyl (C=O) groups is 7. The second kappa shape index (κ2) is 59.7. The summed E-state index contributed by atoms with van der Waals surface area (Å²) in [4.78, 5) is 83.6. The molecule has 0 aromatic heterocycles. The number of hydrogen-bond donors (Lipinski definition) is 1. The third-order valence-corrected chi connectivity index (χ3v) is 34.3. The van der Waals surface area contributed by atoms with Crippen LogP contribution in [0.2, 0.25) is 0 Å². The van der Waals surface area contributed by atoms with Crippen molar-refractivity contribution in [3.05, 3.63) is 199 Å². The van der Waals surface area contributed by atoms with Gasteiger partial charge in [0.15, 0.2) is 0 Å². The molecule has 0 atom stereocenters. The second-order valence-corrected chi connectivity index (χ2v) is 52.1. The molecule has 0 aliphatic rings. The highest BCUT2D eigenvalue weighted by molar-refractivity contribution is 14.1. The Balaban J connectivity index is 0.000000729. The first-order valence-corrected chi connectivity index (χ1v) is 60.2. The van der Waals surface area contributed by atoms with Gasteiger partial charge in [0, 0.05) is 82.6 Å². The number of halogens is 16. The van der Waals surface area contributed by atoms with E-state index in [-0.39, 0.29) is 11.3 Å². The molecule has 37 nitrogen and oxygen atoms in total. The van der Waals surface area contributed by atoms with E-state index in [0.29, 0.717) is 40.5 Å². The molecule has 0 aliphatic carbocycles. The van der Waals surface area contributed by atoms with Crippen molar-refractivity contribution in [1.29, 1.82) is 0 Å². The lowest BCUT2D eigenvalue weighted by atomic mass is 10.2. The monoisotopic (exact) mass is 3680 g/mol. The minimum Gasteiger partial charge on any atom is -0.748 e. The predicted molar refractivity (Wildman–Crippen MR) is 581 cm³/mol. The van der Waals surface area contributed by atoms with Crippen LogP contribution in [-0.2, 0) is 104 Å². The van der Waals surface area contributed by atoms with Crippen molar-refractivity contribution >= 4 is 485 Å². The van der Waals surface area contributed by atoms with Gasteiger partial charge in [0.1, 0.15) is 46.2 Å². The zero-order valence-corrected chi connectivity index (χ0v) is 102. The van der Waals surface area contributed by atoms with Crippen LogP contribution in [0.3, 0.4) is 0 Å². The zero-order chi connectivity index (χ0) is 96.4. The molecule has 0 aliphatic heterocycles. The molecule has 7 aromatic rings. The smallest absolute Gasteiger partial charge is 0.340 e. The third-order valence-electron chi connectivity index (χ3n) is 12.9. The van der Waals surface area contributed by atoms with Crippen molar-refractivity contribution in [3.63, 3.8) is 0 Å². The number of benzene rings is 7. The summed E-state index contributed by atoms with van der Waals surface area (Å²) in [5, 5.41) is 0. The van der Waals surface area contributed by atoms with Gasteiger partial charge in [-0.25, -0.2) is 92.5 Å². The highest BCUT2D eigenvalue weighted by Crippen LogP contribution is 2.31. The Labute approximate surface area is 936 Å². The van der Waals surface area contributed by atoms with Crippen molar-refractivity contribution in [2.75, 3.05) is 111 Å². The van der Waals surface area contributed by atoms with Crippen LogP contribution < -0.4 is 10.6 Å². The average molecular weight is 3680 g/mol. The van der Waals surface area contributed by atoms with Crippen molar-refractivity contribution in [3.8, 4) is 0 Å². The summed E-state index contributed by atoms with van der Waals surface area (Å²) in [5.74, 6) is -9.54. The van der Waals surface area contributed by atoms with Crippen LogP contribution in [0.1, 0.15) is 72.5 Å². The molecule has 0 spiro atoms. The summed E-state index contributed by atoms with van der Waals surface area (Å²) in [6, 6.07) is 29.2. The lowest BCUT2D eigenvalue weighted by Gasteiger charge is -2.15. The maximum absolute atomic E-state index is 11.9. The lowest BCUT2D eigenvalue weighted by molar-refractivity contribution is 0.0515. The highest BCUT2D eigenvalue weighted by Gasteiger charge is 2.23. The van der Waals surface area contributed by atoms with Crippen molar-refractivity contribution in [2.24, 2.45) is 0 Å². The summed E-state index contributed by atoms with van der Waals surface area (Å²) in [6.07, 6.45) is 0. The molecule has 2 N–H and O–H groups in total. The van der Waals surface area contributed by atoms with E-state index in [1.165, 1.54) is 6.07 Å². The number of esters is 7. The zero-order valence-electron chi connectivity index (χ0n) is 61.9. The van der Waals surface area contributed by atoms with E-state index in [4.69, 9.17) is 34.2 Å². The van der Waals surface area contributed by atoms with Crippen molar-refractivity contribution < 1.29 is 158 Å². The minimum absolute atomic E-state index is 0.153. The summed E-state index contributed by atoms with van der Waals surface area (Å²) >= 11 is 32.8. The molecule has 0 saturated heterocycles. The van der Waals surface area contributed by atoms with Crippen LogP contribution >= 0.6 is 361 Å². The lowest BCUT2D eigenvalue weighted by Crippen LogP contribution is -2.17. The minimum atomic E-state index is -4.38. The Morgan fingerprint density at radius 3 is 0.936 bits per heavy atom. The molecule has 0 radical (unpaired) electrons. The molecule has 60 heteroatoms. The average Bonchev–Trinajstić information content (AvgIpc) is 0.612. The van der Waals surface area contributed by atoms with E-state index in [9.17, 15) is 124 Å². The van der Waals surface area contributed by atoms with E-state index in [0.717, 1.165) is 55.7 Å². The fourth-order valence-corrected chi connectivity index (χ4v) is 23.7. The van der Waals surface area contributed by atoms with Gasteiger partial charge in [-0.15, -0.1) is 0 Å². The summed E-state index contributed by atoms with van der Waals surface area (Å²) in [5.41, 5.74) is 9.11. The normalized spacial score (nSPS) is 11.3. The van der Waals surface area contributed by atoms with Gasteiger partial charge in [-0.3, -0.25) is 0 Å². The third kappa shape index (κ3) is 55.0. The quantitative estimate of drug-likeness (QED) is 0.0114. The fourth-order valence-electron chi connectivity index (χ4n) is 7.40. The van der Waals surface area contributed by atoms with Crippen LogP contribution in [0.5, 0.6) is 0 Å². The molecule has 7 aromatic carbocycles. The van der Waals surface area contributed by atoms with Gasteiger partial charge in [0.05, 0.1) is 150 Å². The number of nitrogens with zero attached hydrogens (tertiary/aromatic N) is 1. The first-order valence-electron chi connectivity index (χ1n) is 31.9. The molecular formula is C65H53I16N2O35S7-7. The van der Waals surface area contributed by atoms with Crippen LogP contribution in [0, 0.1) is 57.1 Å². The van der Waals surface area contributed by atoms with E-state index < -0.39 is 199 Å². The number of anilines is 2. The molecule has 0 saturated carbocycles. The SMILES string of the molecule is CN(C)c1ccc(C(=O)OCCS(=O)(=O)[O-])cc1I.Nc1ccc(I)cc1C(=O)OCCS(=O)(=O)[O-].O=C(OCCS(=O)(=O)[O-])c1c(I)c(I)cc(I)c1I.O=C(OCCS(=O)(=O)[O-])c1c(I)cc(I)cc1I.O=C(OCCS(=O)(=O)[O-])c1cc(I)cc(I)c1I.O=C(OCCS(=O)(=O)[O-])c1cc(I)ccc1I.O=C(OCCS(=O)(=O)[O-])c1ccc(I)cc1I. The van der Waals surface area contributed by atoms with E-state index >= 15 is 0 Å². The van der Waals surface area contributed by atoms with E-state index in [1.807, 2.05) is 253 Å². The fraction of sp³-hybridized carbons (Fsp3) is 0.246. The van der Waals surface area contributed by atoms with E-state index in [1.54, 1.807) is 66.7 Å². The molecule has 7 rings (SSSR count). The molecule has 0 amide bonds. The largest absolute Gasteiger partial charge is 0.748 e. The van der Waals surface area contributed by atoms with Crippen LogP contribution in [0.15, 0.2) is 103 Å². The molecule has 0 heterocycles.